The van der Waals surface area contributed by atoms with Gasteiger partial charge in [0.25, 0.3) is 0 Å². The minimum atomic E-state index is 0.372. The van der Waals surface area contributed by atoms with Crippen molar-refractivity contribution in [3.63, 3.8) is 0 Å². The second-order valence-electron chi connectivity index (χ2n) is 3.87. The quantitative estimate of drug-likeness (QED) is 0.594. The fourth-order valence-corrected chi connectivity index (χ4v) is 1.39. The van der Waals surface area contributed by atoms with Crippen LogP contribution in [0.1, 0.15) is 39.0 Å². The minimum Gasteiger partial charge on any atom is -0.327 e. The van der Waals surface area contributed by atoms with E-state index in [-0.39, 0.29) is 0 Å². The zero-order valence-corrected chi connectivity index (χ0v) is 8.84. The number of hydrogen-bond acceptors (Lipinski definition) is 2. The summed E-state index contributed by atoms with van der Waals surface area (Å²) < 4.78 is 0. The number of rotatable bonds is 7. The molecule has 74 valence electrons. The largest absolute Gasteiger partial charge is 0.327 e. The predicted molar refractivity (Wildman–Crippen MR) is 55.3 cm³/mol. The van der Waals surface area contributed by atoms with Crippen molar-refractivity contribution in [3.8, 4) is 0 Å². The van der Waals surface area contributed by atoms with Gasteiger partial charge in [-0.2, -0.15) is 0 Å². The van der Waals surface area contributed by atoms with Crippen LogP contribution in [0.4, 0.5) is 0 Å². The molecule has 2 heteroatoms. The molecule has 0 saturated heterocycles. The van der Waals surface area contributed by atoms with Gasteiger partial charge in [-0.3, -0.25) is 0 Å². The summed E-state index contributed by atoms with van der Waals surface area (Å²) in [4.78, 5) is 2.16. The van der Waals surface area contributed by atoms with Crippen molar-refractivity contribution in [2.75, 3.05) is 20.6 Å². The summed E-state index contributed by atoms with van der Waals surface area (Å²) in [6, 6.07) is 0.372. The second kappa shape index (κ2) is 7.56. The summed E-state index contributed by atoms with van der Waals surface area (Å²) in [5.74, 6) is 0. The molecule has 0 aromatic rings. The molecule has 1 unspecified atom stereocenters. The monoisotopic (exact) mass is 172 g/mol. The average Bonchev–Trinajstić information content (AvgIpc) is 1.97. The van der Waals surface area contributed by atoms with Crippen LogP contribution in [0, 0.1) is 0 Å². The second-order valence-corrected chi connectivity index (χ2v) is 3.87. The molecule has 0 aromatic heterocycles. The van der Waals surface area contributed by atoms with Crippen LogP contribution in [0.25, 0.3) is 0 Å². The van der Waals surface area contributed by atoms with E-state index in [1.165, 1.54) is 32.1 Å². The van der Waals surface area contributed by atoms with Crippen molar-refractivity contribution in [1.29, 1.82) is 0 Å². The molecule has 1 atom stereocenters. The maximum Gasteiger partial charge on any atom is 0.0167 e. The van der Waals surface area contributed by atoms with E-state index in [2.05, 4.69) is 25.9 Å². The molecular formula is C10H24N2. The number of likely N-dealkylation sites (N-methyl/N-ethyl adjacent to an activating group) is 1. The van der Waals surface area contributed by atoms with Crippen LogP contribution < -0.4 is 5.73 Å². The van der Waals surface area contributed by atoms with E-state index in [9.17, 15) is 0 Å². The Hall–Kier alpha value is -0.0800. The first-order valence-electron chi connectivity index (χ1n) is 5.07. The summed E-state index contributed by atoms with van der Waals surface area (Å²) in [5.41, 5.74) is 5.92. The zero-order valence-electron chi connectivity index (χ0n) is 8.84. The molecule has 0 amide bonds. The average molecular weight is 172 g/mol. The third-order valence-corrected chi connectivity index (χ3v) is 2.03. The Morgan fingerprint density at radius 1 is 1.17 bits per heavy atom. The van der Waals surface area contributed by atoms with E-state index in [1.54, 1.807) is 0 Å². The van der Waals surface area contributed by atoms with Crippen LogP contribution in [-0.2, 0) is 0 Å². The van der Waals surface area contributed by atoms with Gasteiger partial charge in [0.2, 0.25) is 0 Å². The van der Waals surface area contributed by atoms with Crippen LogP contribution >= 0.6 is 0 Å². The Balaban J connectivity index is 3.14. The van der Waals surface area contributed by atoms with Crippen LogP contribution in [0.3, 0.4) is 0 Å². The summed E-state index contributed by atoms with van der Waals surface area (Å²) in [7, 11) is 4.15. The maximum atomic E-state index is 5.92. The molecule has 0 spiro atoms. The molecule has 0 fully saturated rings. The van der Waals surface area contributed by atoms with E-state index in [0.717, 1.165) is 6.54 Å². The van der Waals surface area contributed by atoms with E-state index in [0.29, 0.717) is 6.04 Å². The van der Waals surface area contributed by atoms with Crippen LogP contribution in [-0.4, -0.2) is 31.6 Å². The summed E-state index contributed by atoms with van der Waals surface area (Å²) in [5, 5.41) is 0. The highest BCUT2D eigenvalue weighted by Gasteiger charge is 2.02. The molecule has 0 bridgehead atoms. The van der Waals surface area contributed by atoms with E-state index in [4.69, 9.17) is 5.73 Å². The number of nitrogens with zero attached hydrogens (tertiary/aromatic N) is 1. The van der Waals surface area contributed by atoms with Gasteiger partial charge < -0.3 is 10.6 Å². The zero-order chi connectivity index (χ0) is 9.40. The molecule has 0 heterocycles. The molecule has 0 saturated carbocycles. The van der Waals surface area contributed by atoms with Gasteiger partial charge >= 0.3 is 0 Å². The molecule has 0 radical (unpaired) electrons. The maximum absolute atomic E-state index is 5.92. The van der Waals surface area contributed by atoms with E-state index in [1.807, 2.05) is 0 Å². The van der Waals surface area contributed by atoms with Crippen molar-refractivity contribution in [2.24, 2.45) is 5.73 Å². The molecule has 0 aliphatic heterocycles. The molecular weight excluding hydrogens is 148 g/mol. The molecule has 12 heavy (non-hydrogen) atoms. The van der Waals surface area contributed by atoms with Crippen LogP contribution in [0.5, 0.6) is 0 Å². The number of nitrogens with two attached hydrogens (primary N) is 1. The number of hydrogen-bond donors (Lipinski definition) is 1. The molecule has 0 rings (SSSR count). The van der Waals surface area contributed by atoms with Gasteiger partial charge in [-0.05, 0) is 20.5 Å². The first kappa shape index (κ1) is 11.9. The third-order valence-electron chi connectivity index (χ3n) is 2.03. The highest BCUT2D eigenvalue weighted by atomic mass is 15.1. The molecule has 2 nitrogen and oxygen atoms in total. The topological polar surface area (TPSA) is 29.3 Å². The first-order chi connectivity index (χ1) is 5.66. The van der Waals surface area contributed by atoms with Crippen molar-refractivity contribution in [3.05, 3.63) is 0 Å². The molecule has 2 N–H and O–H groups in total. The fraction of sp³-hybridized carbons (Fsp3) is 1.00. The van der Waals surface area contributed by atoms with Gasteiger partial charge in [-0.1, -0.05) is 32.6 Å². The minimum absolute atomic E-state index is 0.372. The fourth-order valence-electron chi connectivity index (χ4n) is 1.39. The Bertz CT molecular complexity index is 91.8. The van der Waals surface area contributed by atoms with Gasteiger partial charge in [-0.25, -0.2) is 0 Å². The molecule has 0 aliphatic carbocycles. The SMILES string of the molecule is CCCCCCC(N)CN(C)C. The van der Waals surface area contributed by atoms with E-state index < -0.39 is 0 Å². The van der Waals surface area contributed by atoms with Crippen molar-refractivity contribution >= 4 is 0 Å². The van der Waals surface area contributed by atoms with Crippen molar-refractivity contribution in [2.45, 2.75) is 45.1 Å². The Labute approximate surface area is 77.1 Å². The van der Waals surface area contributed by atoms with Gasteiger partial charge in [0.15, 0.2) is 0 Å². The number of unbranched alkanes of at least 4 members (excludes halogenated alkanes) is 3. The van der Waals surface area contributed by atoms with Gasteiger partial charge in [0.1, 0.15) is 0 Å². The van der Waals surface area contributed by atoms with Crippen molar-refractivity contribution < 1.29 is 0 Å². The van der Waals surface area contributed by atoms with Crippen molar-refractivity contribution in [1.82, 2.24) is 4.90 Å². The van der Waals surface area contributed by atoms with E-state index >= 15 is 0 Å². The standard InChI is InChI=1S/C10H24N2/c1-4-5-6-7-8-10(11)9-12(2)3/h10H,4-9,11H2,1-3H3. The summed E-state index contributed by atoms with van der Waals surface area (Å²) in [6.45, 7) is 3.26. The molecule has 0 aromatic carbocycles. The van der Waals surface area contributed by atoms with Gasteiger partial charge in [0.05, 0.1) is 0 Å². The van der Waals surface area contributed by atoms with Gasteiger partial charge in [0, 0.05) is 12.6 Å². The molecule has 0 aliphatic rings. The summed E-state index contributed by atoms with van der Waals surface area (Å²) >= 11 is 0. The third kappa shape index (κ3) is 8.02. The Morgan fingerprint density at radius 2 is 1.83 bits per heavy atom. The lowest BCUT2D eigenvalue weighted by molar-refractivity contribution is 0.357. The highest BCUT2D eigenvalue weighted by Crippen LogP contribution is 2.04. The summed E-state index contributed by atoms with van der Waals surface area (Å²) in [6.07, 6.45) is 6.48. The van der Waals surface area contributed by atoms with Crippen LogP contribution in [0.2, 0.25) is 0 Å². The smallest absolute Gasteiger partial charge is 0.0167 e. The predicted octanol–water partition coefficient (Wildman–Crippen LogP) is 1.85. The lowest BCUT2D eigenvalue weighted by Gasteiger charge is -2.16. The van der Waals surface area contributed by atoms with Crippen LogP contribution in [0.15, 0.2) is 0 Å². The first-order valence-corrected chi connectivity index (χ1v) is 5.07. The highest BCUT2D eigenvalue weighted by molar-refractivity contribution is 4.63. The Kier molecular flexibility index (Phi) is 7.51. The van der Waals surface area contributed by atoms with Gasteiger partial charge in [-0.15, -0.1) is 0 Å². The normalized spacial score (nSPS) is 13.8. The Morgan fingerprint density at radius 3 is 2.33 bits per heavy atom. The lowest BCUT2D eigenvalue weighted by atomic mass is 10.1. The lowest BCUT2D eigenvalue weighted by Crippen LogP contribution is -2.32.